The van der Waals surface area contributed by atoms with E-state index < -0.39 is 0 Å². The first-order valence-corrected chi connectivity index (χ1v) is 7.73. The summed E-state index contributed by atoms with van der Waals surface area (Å²) in [6.45, 7) is 3.80. The molecule has 0 saturated carbocycles. The first-order chi connectivity index (χ1) is 10.7. The lowest BCUT2D eigenvalue weighted by atomic mass is 10.1. The first-order valence-electron chi connectivity index (χ1n) is 7.73. The van der Waals surface area contributed by atoms with Gasteiger partial charge in [0.05, 0.1) is 6.04 Å². The van der Waals surface area contributed by atoms with E-state index in [2.05, 4.69) is 10.2 Å². The van der Waals surface area contributed by atoms with Crippen molar-refractivity contribution in [3.63, 3.8) is 0 Å². The Hall–Kier alpha value is -1.92. The summed E-state index contributed by atoms with van der Waals surface area (Å²) in [4.78, 5) is 2.00. The van der Waals surface area contributed by atoms with Gasteiger partial charge in [-0.15, -0.1) is 5.10 Å². The van der Waals surface area contributed by atoms with E-state index in [0.717, 1.165) is 31.5 Å². The van der Waals surface area contributed by atoms with Gasteiger partial charge < -0.3 is 20.2 Å². The van der Waals surface area contributed by atoms with E-state index in [1.807, 2.05) is 42.2 Å². The number of nitrogens with zero attached hydrogens (tertiary/aromatic N) is 3. The van der Waals surface area contributed by atoms with Gasteiger partial charge in [0.2, 0.25) is 5.89 Å². The van der Waals surface area contributed by atoms with Crippen LogP contribution in [-0.2, 0) is 6.42 Å². The molecule has 2 rings (SSSR count). The number of aliphatic hydroxyl groups is 1. The van der Waals surface area contributed by atoms with Crippen LogP contribution >= 0.6 is 0 Å². The second-order valence-corrected chi connectivity index (χ2v) is 5.23. The van der Waals surface area contributed by atoms with Gasteiger partial charge in [-0.05, 0) is 31.7 Å². The van der Waals surface area contributed by atoms with Crippen molar-refractivity contribution in [2.45, 2.75) is 32.2 Å². The first kappa shape index (κ1) is 16.5. The van der Waals surface area contributed by atoms with Crippen LogP contribution in [0.5, 0.6) is 0 Å². The fourth-order valence-corrected chi connectivity index (χ4v) is 2.26. The Morgan fingerprint density at radius 3 is 2.68 bits per heavy atom. The molecule has 1 heterocycles. The largest absolute Gasteiger partial charge is 0.406 e. The standard InChI is InChI=1S/C16H24N4O2/c1-2-20(10-6-7-11-21)16-19-18-15(22-16)14(17)12-13-8-4-3-5-9-13/h3-5,8-9,14,21H,2,6-7,10-12,17H2,1H3/t14-/m1/s1. The number of nitrogens with two attached hydrogens (primary N) is 1. The van der Waals surface area contributed by atoms with Gasteiger partial charge in [-0.25, -0.2) is 0 Å². The molecule has 0 radical (unpaired) electrons. The van der Waals surface area contributed by atoms with Gasteiger partial charge in [0.15, 0.2) is 0 Å². The van der Waals surface area contributed by atoms with Crippen molar-refractivity contribution in [1.82, 2.24) is 10.2 Å². The van der Waals surface area contributed by atoms with Crippen molar-refractivity contribution in [2.24, 2.45) is 5.73 Å². The molecule has 1 atom stereocenters. The van der Waals surface area contributed by atoms with Crippen LogP contribution in [0, 0.1) is 0 Å². The SMILES string of the molecule is CCN(CCCCO)c1nnc([C@H](N)Cc2ccccc2)o1. The van der Waals surface area contributed by atoms with E-state index in [-0.39, 0.29) is 12.6 Å². The van der Waals surface area contributed by atoms with Crippen LogP contribution in [0.4, 0.5) is 6.01 Å². The molecule has 0 unspecified atom stereocenters. The quantitative estimate of drug-likeness (QED) is 0.688. The number of hydrogen-bond donors (Lipinski definition) is 2. The maximum Gasteiger partial charge on any atom is 0.318 e. The summed E-state index contributed by atoms with van der Waals surface area (Å²) in [5, 5.41) is 17.0. The third kappa shape index (κ3) is 4.54. The van der Waals surface area contributed by atoms with Crippen LogP contribution in [0.3, 0.4) is 0 Å². The lowest BCUT2D eigenvalue weighted by Gasteiger charge is -2.17. The molecule has 0 aliphatic rings. The van der Waals surface area contributed by atoms with Crippen LogP contribution < -0.4 is 10.6 Å². The van der Waals surface area contributed by atoms with Gasteiger partial charge in [-0.1, -0.05) is 35.4 Å². The van der Waals surface area contributed by atoms with Crippen molar-refractivity contribution >= 4 is 6.01 Å². The predicted octanol–water partition coefficient (Wildman–Crippen LogP) is 1.91. The van der Waals surface area contributed by atoms with Gasteiger partial charge in [0.1, 0.15) is 0 Å². The lowest BCUT2D eigenvalue weighted by Crippen LogP contribution is -2.24. The Kier molecular flexibility index (Phi) is 6.36. The molecule has 120 valence electrons. The molecular weight excluding hydrogens is 280 g/mol. The Bertz CT molecular complexity index is 544. The number of rotatable bonds is 9. The number of aromatic nitrogens is 2. The van der Waals surface area contributed by atoms with Crippen molar-refractivity contribution in [2.75, 3.05) is 24.6 Å². The lowest BCUT2D eigenvalue weighted by molar-refractivity contribution is 0.284. The van der Waals surface area contributed by atoms with Gasteiger partial charge in [0.25, 0.3) is 0 Å². The molecule has 0 aliphatic carbocycles. The van der Waals surface area contributed by atoms with Crippen molar-refractivity contribution in [3.8, 4) is 0 Å². The zero-order valence-corrected chi connectivity index (χ0v) is 13.0. The predicted molar refractivity (Wildman–Crippen MR) is 85.6 cm³/mol. The molecule has 6 nitrogen and oxygen atoms in total. The van der Waals surface area contributed by atoms with Gasteiger partial charge >= 0.3 is 6.01 Å². The highest BCUT2D eigenvalue weighted by atomic mass is 16.4. The average molecular weight is 304 g/mol. The minimum Gasteiger partial charge on any atom is -0.406 e. The molecule has 3 N–H and O–H groups in total. The van der Waals surface area contributed by atoms with Crippen molar-refractivity contribution in [1.29, 1.82) is 0 Å². The van der Waals surface area contributed by atoms with Crippen molar-refractivity contribution in [3.05, 3.63) is 41.8 Å². The normalized spacial score (nSPS) is 12.3. The molecule has 0 spiro atoms. The third-order valence-electron chi connectivity index (χ3n) is 3.53. The van der Waals surface area contributed by atoms with Crippen molar-refractivity contribution < 1.29 is 9.52 Å². The zero-order chi connectivity index (χ0) is 15.8. The summed E-state index contributed by atoms with van der Waals surface area (Å²) in [7, 11) is 0. The third-order valence-corrected chi connectivity index (χ3v) is 3.53. The molecule has 2 aromatic rings. The van der Waals surface area contributed by atoms with Gasteiger partial charge in [-0.3, -0.25) is 0 Å². The average Bonchev–Trinajstić information content (AvgIpc) is 3.02. The minimum atomic E-state index is -0.306. The molecule has 1 aromatic carbocycles. The highest BCUT2D eigenvalue weighted by Gasteiger charge is 2.18. The van der Waals surface area contributed by atoms with Gasteiger partial charge in [0, 0.05) is 19.7 Å². The van der Waals surface area contributed by atoms with Crippen LogP contribution in [0.15, 0.2) is 34.7 Å². The topological polar surface area (TPSA) is 88.4 Å². The zero-order valence-electron chi connectivity index (χ0n) is 13.0. The fourth-order valence-electron chi connectivity index (χ4n) is 2.26. The summed E-state index contributed by atoms with van der Waals surface area (Å²) in [6, 6.07) is 10.2. The molecular formula is C16H24N4O2. The monoisotopic (exact) mass is 304 g/mol. The number of hydrogen-bond acceptors (Lipinski definition) is 6. The van der Waals surface area contributed by atoms with E-state index in [4.69, 9.17) is 15.3 Å². The highest BCUT2D eigenvalue weighted by molar-refractivity contribution is 5.24. The molecule has 1 aromatic heterocycles. The van der Waals surface area contributed by atoms with Crippen LogP contribution in [0.25, 0.3) is 0 Å². The summed E-state index contributed by atoms with van der Waals surface area (Å²) in [6.07, 6.45) is 2.32. The minimum absolute atomic E-state index is 0.203. The molecule has 6 heteroatoms. The molecule has 22 heavy (non-hydrogen) atoms. The second-order valence-electron chi connectivity index (χ2n) is 5.23. The van der Waals surface area contributed by atoms with E-state index in [1.54, 1.807) is 0 Å². The highest BCUT2D eigenvalue weighted by Crippen LogP contribution is 2.19. The smallest absolute Gasteiger partial charge is 0.318 e. The van der Waals surface area contributed by atoms with Crippen LogP contribution in [-0.4, -0.2) is 35.0 Å². The molecule has 0 aliphatic heterocycles. The van der Waals surface area contributed by atoms with Crippen LogP contribution in [0.1, 0.15) is 37.3 Å². The Labute approximate surface area is 131 Å². The van der Waals surface area contributed by atoms with Gasteiger partial charge in [-0.2, -0.15) is 0 Å². The Morgan fingerprint density at radius 2 is 2.00 bits per heavy atom. The van der Waals surface area contributed by atoms with E-state index in [1.165, 1.54) is 0 Å². The molecule has 0 amide bonds. The molecule has 0 fully saturated rings. The number of benzene rings is 1. The number of anilines is 1. The second kappa shape index (κ2) is 8.51. The number of aliphatic hydroxyl groups excluding tert-OH is 1. The van der Waals surface area contributed by atoms with E-state index >= 15 is 0 Å². The maximum absolute atomic E-state index is 8.85. The van der Waals surface area contributed by atoms with Crippen LogP contribution in [0.2, 0.25) is 0 Å². The maximum atomic E-state index is 8.85. The Balaban J connectivity index is 1.97. The summed E-state index contributed by atoms with van der Waals surface area (Å²) < 4.78 is 5.72. The van der Waals surface area contributed by atoms with E-state index in [0.29, 0.717) is 18.3 Å². The Morgan fingerprint density at radius 1 is 1.23 bits per heavy atom. The fraction of sp³-hybridized carbons (Fsp3) is 0.500. The summed E-state index contributed by atoms with van der Waals surface area (Å²) in [5.41, 5.74) is 7.30. The molecule has 0 bridgehead atoms. The molecule has 0 saturated heterocycles. The number of unbranched alkanes of at least 4 members (excludes halogenated alkanes) is 1. The summed E-state index contributed by atoms with van der Waals surface area (Å²) in [5.74, 6) is 0.458. The summed E-state index contributed by atoms with van der Waals surface area (Å²) >= 11 is 0. The van der Waals surface area contributed by atoms with E-state index in [9.17, 15) is 0 Å².